The number of amides is 1. The number of fused-ring (bicyclic) bond motifs is 1. The Bertz CT molecular complexity index is 910. The fourth-order valence-corrected chi connectivity index (χ4v) is 3.16. The molecule has 0 aliphatic rings. The Labute approximate surface area is 155 Å². The summed E-state index contributed by atoms with van der Waals surface area (Å²) in [5.74, 6) is 0.589. The van der Waals surface area contributed by atoms with Crippen LogP contribution in [0.1, 0.15) is 36.7 Å². The largest absolute Gasteiger partial charge is 0.496 e. The van der Waals surface area contributed by atoms with Gasteiger partial charge in [0.2, 0.25) is 0 Å². The van der Waals surface area contributed by atoms with Crippen LogP contribution < -0.4 is 4.74 Å². The summed E-state index contributed by atoms with van der Waals surface area (Å²) in [5.41, 5.74) is 1.40. The molecular formula is C23H25NO2. The highest BCUT2D eigenvalue weighted by molar-refractivity contribution is 6.09. The number of benzene rings is 3. The highest BCUT2D eigenvalue weighted by Crippen LogP contribution is 2.31. The smallest absolute Gasteiger partial charge is 0.258 e. The third-order valence-electron chi connectivity index (χ3n) is 4.56. The van der Waals surface area contributed by atoms with Gasteiger partial charge in [-0.15, -0.1) is 0 Å². The van der Waals surface area contributed by atoms with Crippen molar-refractivity contribution >= 4 is 16.7 Å². The van der Waals surface area contributed by atoms with Crippen LogP contribution >= 0.6 is 0 Å². The van der Waals surface area contributed by atoms with E-state index in [0.717, 1.165) is 16.3 Å². The monoisotopic (exact) mass is 347 g/mol. The molecule has 3 nitrogen and oxygen atoms in total. The third kappa shape index (κ3) is 3.57. The zero-order valence-electron chi connectivity index (χ0n) is 15.8. The lowest BCUT2D eigenvalue weighted by atomic mass is 9.98. The number of carbonyl (C=O) groups excluding carboxylic acids is 1. The van der Waals surface area contributed by atoms with Crippen molar-refractivity contribution in [3.8, 4) is 5.75 Å². The van der Waals surface area contributed by atoms with Crippen molar-refractivity contribution in [2.75, 3.05) is 7.11 Å². The first kappa shape index (κ1) is 18.0. The van der Waals surface area contributed by atoms with Gasteiger partial charge in [0.05, 0.1) is 12.7 Å². The molecule has 0 unspecified atom stereocenters. The van der Waals surface area contributed by atoms with Crippen molar-refractivity contribution < 1.29 is 9.53 Å². The molecule has 3 aromatic carbocycles. The second-order valence-electron chi connectivity index (χ2n) is 7.41. The third-order valence-corrected chi connectivity index (χ3v) is 4.56. The minimum absolute atomic E-state index is 0.0185. The molecule has 0 aromatic heterocycles. The summed E-state index contributed by atoms with van der Waals surface area (Å²) < 4.78 is 5.54. The van der Waals surface area contributed by atoms with E-state index in [9.17, 15) is 4.79 Å². The maximum atomic E-state index is 13.6. The van der Waals surface area contributed by atoms with E-state index in [2.05, 4.69) is 20.8 Å². The minimum atomic E-state index is -0.325. The second-order valence-corrected chi connectivity index (χ2v) is 7.41. The van der Waals surface area contributed by atoms with Crippen LogP contribution in [0.25, 0.3) is 10.8 Å². The topological polar surface area (TPSA) is 29.5 Å². The number of nitrogens with zero attached hydrogens (tertiary/aromatic N) is 1. The number of ether oxygens (including phenoxy) is 1. The number of hydrogen-bond acceptors (Lipinski definition) is 2. The summed E-state index contributed by atoms with van der Waals surface area (Å²) in [5, 5.41) is 1.95. The quantitative estimate of drug-likeness (QED) is 0.642. The average molecular weight is 347 g/mol. The molecule has 0 atom stereocenters. The molecule has 3 aromatic rings. The van der Waals surface area contributed by atoms with Crippen molar-refractivity contribution in [1.82, 2.24) is 4.90 Å². The molecule has 26 heavy (non-hydrogen) atoms. The summed E-state index contributed by atoms with van der Waals surface area (Å²) >= 11 is 0. The number of carbonyl (C=O) groups is 1. The highest BCUT2D eigenvalue weighted by Gasteiger charge is 2.30. The Hall–Kier alpha value is -2.81. The van der Waals surface area contributed by atoms with Crippen LogP contribution in [-0.4, -0.2) is 23.5 Å². The van der Waals surface area contributed by atoms with Gasteiger partial charge < -0.3 is 9.64 Å². The van der Waals surface area contributed by atoms with E-state index >= 15 is 0 Å². The summed E-state index contributed by atoms with van der Waals surface area (Å²) in [4.78, 5) is 15.5. The maximum Gasteiger partial charge on any atom is 0.258 e. The normalized spacial score (nSPS) is 11.4. The summed E-state index contributed by atoms with van der Waals surface area (Å²) in [6.07, 6.45) is 0. The number of hydrogen-bond donors (Lipinski definition) is 0. The van der Waals surface area contributed by atoms with Crippen molar-refractivity contribution in [2.45, 2.75) is 32.9 Å². The molecule has 0 aliphatic heterocycles. The average Bonchev–Trinajstić information content (AvgIpc) is 2.64. The predicted octanol–water partition coefficient (Wildman–Crippen LogP) is 5.29. The van der Waals surface area contributed by atoms with Crippen LogP contribution in [0.3, 0.4) is 0 Å². The van der Waals surface area contributed by atoms with Crippen LogP contribution in [0.5, 0.6) is 5.75 Å². The number of rotatable bonds is 4. The molecule has 0 spiro atoms. The van der Waals surface area contributed by atoms with Crippen LogP contribution in [0.15, 0.2) is 66.7 Å². The Morgan fingerprint density at radius 2 is 1.58 bits per heavy atom. The molecule has 0 radical (unpaired) electrons. The molecule has 3 heteroatoms. The van der Waals surface area contributed by atoms with E-state index in [-0.39, 0.29) is 11.4 Å². The van der Waals surface area contributed by atoms with Crippen molar-refractivity contribution in [3.05, 3.63) is 77.9 Å². The number of methoxy groups -OCH3 is 1. The summed E-state index contributed by atoms with van der Waals surface area (Å²) in [6.45, 7) is 6.73. The van der Waals surface area contributed by atoms with Gasteiger partial charge in [0.25, 0.3) is 5.91 Å². The van der Waals surface area contributed by atoms with Gasteiger partial charge in [0.1, 0.15) is 5.75 Å². The van der Waals surface area contributed by atoms with Gasteiger partial charge in [0.15, 0.2) is 0 Å². The zero-order chi connectivity index (χ0) is 18.7. The van der Waals surface area contributed by atoms with Gasteiger partial charge in [0, 0.05) is 12.1 Å². The lowest BCUT2D eigenvalue weighted by Crippen LogP contribution is -2.45. The lowest BCUT2D eigenvalue weighted by molar-refractivity contribution is 0.0558. The fraction of sp³-hybridized carbons (Fsp3) is 0.261. The van der Waals surface area contributed by atoms with E-state index in [1.165, 1.54) is 0 Å². The maximum absolute atomic E-state index is 13.6. The molecule has 0 bridgehead atoms. The Kier molecular flexibility index (Phi) is 4.99. The molecule has 3 rings (SSSR count). The van der Waals surface area contributed by atoms with Crippen LogP contribution in [0, 0.1) is 0 Å². The van der Waals surface area contributed by atoms with E-state index in [1.54, 1.807) is 7.11 Å². The molecule has 134 valence electrons. The van der Waals surface area contributed by atoms with Gasteiger partial charge >= 0.3 is 0 Å². The molecule has 0 saturated heterocycles. The summed E-state index contributed by atoms with van der Waals surface area (Å²) in [7, 11) is 1.61. The van der Waals surface area contributed by atoms with Crippen LogP contribution in [-0.2, 0) is 6.54 Å². The zero-order valence-corrected chi connectivity index (χ0v) is 15.8. The van der Waals surface area contributed by atoms with Crippen LogP contribution in [0.4, 0.5) is 0 Å². The van der Waals surface area contributed by atoms with Gasteiger partial charge in [-0.2, -0.15) is 0 Å². The van der Waals surface area contributed by atoms with Gasteiger partial charge in [-0.3, -0.25) is 4.79 Å². The van der Waals surface area contributed by atoms with Crippen molar-refractivity contribution in [3.63, 3.8) is 0 Å². The second kappa shape index (κ2) is 7.20. The summed E-state index contributed by atoms with van der Waals surface area (Å²) in [6, 6.07) is 21.9. The molecule has 0 heterocycles. The van der Waals surface area contributed by atoms with Crippen LogP contribution in [0.2, 0.25) is 0 Å². The first-order valence-corrected chi connectivity index (χ1v) is 8.83. The molecule has 1 amide bonds. The van der Waals surface area contributed by atoms with Gasteiger partial charge in [-0.1, -0.05) is 60.7 Å². The molecular weight excluding hydrogens is 322 g/mol. The Morgan fingerprint density at radius 1 is 0.923 bits per heavy atom. The van der Waals surface area contributed by atoms with Crippen molar-refractivity contribution in [2.24, 2.45) is 0 Å². The standard InChI is InChI=1S/C23H25NO2/c1-23(2,3)24(16-17-10-6-5-7-11-17)22(25)21-19-13-9-8-12-18(19)14-15-20(21)26-4/h5-15H,16H2,1-4H3. The van der Waals surface area contributed by atoms with E-state index in [4.69, 9.17) is 4.74 Å². The van der Waals surface area contributed by atoms with Crippen molar-refractivity contribution in [1.29, 1.82) is 0 Å². The molecule has 0 aliphatic carbocycles. The first-order chi connectivity index (χ1) is 12.4. The molecule has 0 N–H and O–H groups in total. The lowest BCUT2D eigenvalue weighted by Gasteiger charge is -2.36. The van der Waals surface area contributed by atoms with E-state index in [0.29, 0.717) is 17.9 Å². The van der Waals surface area contributed by atoms with E-state index in [1.807, 2.05) is 71.6 Å². The van der Waals surface area contributed by atoms with E-state index < -0.39 is 0 Å². The highest BCUT2D eigenvalue weighted by atomic mass is 16.5. The van der Waals surface area contributed by atoms with Gasteiger partial charge in [-0.05, 0) is 43.2 Å². The molecule has 0 saturated carbocycles. The fourth-order valence-electron chi connectivity index (χ4n) is 3.16. The predicted molar refractivity (Wildman–Crippen MR) is 107 cm³/mol. The Balaban J connectivity index is 2.11. The first-order valence-electron chi connectivity index (χ1n) is 8.83. The SMILES string of the molecule is COc1ccc2ccccc2c1C(=O)N(Cc1ccccc1)C(C)(C)C. The Morgan fingerprint density at radius 3 is 2.23 bits per heavy atom. The molecule has 0 fully saturated rings. The van der Waals surface area contributed by atoms with Gasteiger partial charge in [-0.25, -0.2) is 0 Å². The minimum Gasteiger partial charge on any atom is -0.496 e.